The molecule has 1 aromatic carbocycles. The van der Waals surface area contributed by atoms with Gasteiger partial charge in [-0.15, -0.1) is 0 Å². The second kappa shape index (κ2) is 8.95. The highest BCUT2D eigenvalue weighted by Gasteiger charge is 2.28. The minimum Gasteiger partial charge on any atom is -0.496 e. The summed E-state index contributed by atoms with van der Waals surface area (Å²) in [6.07, 6.45) is 5.56. The zero-order valence-electron chi connectivity index (χ0n) is 16.8. The van der Waals surface area contributed by atoms with Crippen molar-refractivity contribution in [1.82, 2.24) is 9.47 Å². The lowest BCUT2D eigenvalue weighted by Gasteiger charge is -2.35. The van der Waals surface area contributed by atoms with Crippen LogP contribution in [0, 0.1) is 6.92 Å². The number of amides is 1. The topological polar surface area (TPSA) is 60.8 Å². The van der Waals surface area contributed by atoms with E-state index >= 15 is 0 Å². The normalized spacial score (nSPS) is 16.7. The molecular formula is C22H28N2O4. The average Bonchev–Trinajstić information content (AvgIpc) is 3.14. The molecule has 1 aliphatic heterocycles. The molecule has 0 N–H and O–H groups in total. The molecule has 1 amide bonds. The van der Waals surface area contributed by atoms with Gasteiger partial charge in [-0.25, -0.2) is 4.79 Å². The van der Waals surface area contributed by atoms with E-state index in [9.17, 15) is 9.59 Å². The van der Waals surface area contributed by atoms with Crippen molar-refractivity contribution in [2.45, 2.75) is 38.6 Å². The van der Waals surface area contributed by atoms with E-state index in [1.807, 2.05) is 47.8 Å². The van der Waals surface area contributed by atoms with E-state index in [1.54, 1.807) is 19.2 Å². The minimum absolute atomic E-state index is 0.0480. The Labute approximate surface area is 166 Å². The largest absolute Gasteiger partial charge is 0.496 e. The van der Waals surface area contributed by atoms with Crippen LogP contribution in [0.1, 0.15) is 52.1 Å². The fourth-order valence-electron chi connectivity index (χ4n) is 3.72. The fraction of sp³-hybridized carbons (Fsp3) is 0.455. The van der Waals surface area contributed by atoms with Gasteiger partial charge in [-0.05, 0) is 56.0 Å². The molecule has 0 saturated carbocycles. The summed E-state index contributed by atoms with van der Waals surface area (Å²) in [4.78, 5) is 27.2. The van der Waals surface area contributed by atoms with E-state index < -0.39 is 0 Å². The third kappa shape index (κ3) is 4.38. The maximum absolute atomic E-state index is 12.9. The first-order valence-electron chi connectivity index (χ1n) is 9.75. The molecular weight excluding hydrogens is 356 g/mol. The van der Waals surface area contributed by atoms with Gasteiger partial charge in [0.05, 0.1) is 19.3 Å². The van der Waals surface area contributed by atoms with Gasteiger partial charge in [0.15, 0.2) is 0 Å². The molecule has 6 nitrogen and oxygen atoms in total. The number of nitrogens with zero attached hydrogens (tertiary/aromatic N) is 2. The quantitative estimate of drug-likeness (QED) is 0.714. The van der Waals surface area contributed by atoms with Crippen molar-refractivity contribution in [3.8, 4) is 5.75 Å². The highest BCUT2D eigenvalue weighted by Crippen LogP contribution is 2.23. The standard InChI is InChI=1S/C22H28N2O4/c1-16-9-10-17(15-20(16)27-3)22(26)28-14-11-18-7-4-5-13-24(18)21(25)19-8-6-12-23(19)2/h6,8-10,12,15,18H,4-5,7,11,13-14H2,1-3H3. The van der Waals surface area contributed by atoms with Gasteiger partial charge in [0.25, 0.3) is 5.91 Å². The third-order valence-electron chi connectivity index (χ3n) is 5.38. The summed E-state index contributed by atoms with van der Waals surface area (Å²) in [6, 6.07) is 9.10. The van der Waals surface area contributed by atoms with E-state index in [1.165, 1.54) is 0 Å². The van der Waals surface area contributed by atoms with E-state index in [2.05, 4.69) is 0 Å². The molecule has 150 valence electrons. The maximum Gasteiger partial charge on any atom is 0.338 e. The van der Waals surface area contributed by atoms with Crippen LogP contribution in [-0.4, -0.2) is 47.6 Å². The van der Waals surface area contributed by atoms with Crippen molar-refractivity contribution < 1.29 is 19.1 Å². The van der Waals surface area contributed by atoms with E-state index in [0.717, 1.165) is 31.4 Å². The number of aromatic nitrogens is 1. The molecule has 28 heavy (non-hydrogen) atoms. The van der Waals surface area contributed by atoms with Crippen LogP contribution in [-0.2, 0) is 11.8 Å². The van der Waals surface area contributed by atoms with Crippen molar-refractivity contribution in [2.24, 2.45) is 7.05 Å². The van der Waals surface area contributed by atoms with Gasteiger partial charge in [0, 0.05) is 32.3 Å². The van der Waals surface area contributed by atoms with Crippen LogP contribution in [0.15, 0.2) is 36.5 Å². The van der Waals surface area contributed by atoms with Crippen LogP contribution < -0.4 is 4.74 Å². The molecule has 2 aromatic rings. The Hall–Kier alpha value is -2.76. The Bertz CT molecular complexity index is 843. The predicted molar refractivity (Wildman–Crippen MR) is 107 cm³/mol. The molecule has 0 bridgehead atoms. The first-order chi connectivity index (χ1) is 13.5. The summed E-state index contributed by atoms with van der Waals surface area (Å²) in [5, 5.41) is 0. The zero-order chi connectivity index (χ0) is 20.1. The molecule has 1 saturated heterocycles. The Kier molecular flexibility index (Phi) is 6.39. The van der Waals surface area contributed by atoms with Crippen molar-refractivity contribution in [3.05, 3.63) is 53.3 Å². The summed E-state index contributed by atoms with van der Waals surface area (Å²) in [7, 11) is 3.46. The maximum atomic E-state index is 12.9. The number of ether oxygens (including phenoxy) is 2. The fourth-order valence-corrected chi connectivity index (χ4v) is 3.72. The monoisotopic (exact) mass is 384 g/mol. The van der Waals surface area contributed by atoms with Gasteiger partial charge in [0.1, 0.15) is 11.4 Å². The number of hydrogen-bond donors (Lipinski definition) is 0. The predicted octanol–water partition coefficient (Wildman–Crippen LogP) is 3.58. The lowest BCUT2D eigenvalue weighted by atomic mass is 9.99. The number of likely N-dealkylation sites (tertiary alicyclic amines) is 1. The molecule has 1 aromatic heterocycles. The summed E-state index contributed by atoms with van der Waals surface area (Å²) in [5.41, 5.74) is 2.13. The second-order valence-electron chi connectivity index (χ2n) is 7.26. The number of piperidine rings is 1. The van der Waals surface area contributed by atoms with Crippen molar-refractivity contribution in [3.63, 3.8) is 0 Å². The molecule has 3 rings (SSSR count). The van der Waals surface area contributed by atoms with Gasteiger partial charge in [0.2, 0.25) is 0 Å². The van der Waals surface area contributed by atoms with Crippen molar-refractivity contribution in [1.29, 1.82) is 0 Å². The first-order valence-corrected chi connectivity index (χ1v) is 9.75. The smallest absolute Gasteiger partial charge is 0.338 e. The number of esters is 1. The van der Waals surface area contributed by atoms with Crippen LogP contribution >= 0.6 is 0 Å². The molecule has 0 aliphatic carbocycles. The van der Waals surface area contributed by atoms with Gasteiger partial charge >= 0.3 is 5.97 Å². The van der Waals surface area contributed by atoms with Crippen LogP contribution in [0.25, 0.3) is 0 Å². The van der Waals surface area contributed by atoms with Crippen LogP contribution in [0.3, 0.4) is 0 Å². The molecule has 1 fully saturated rings. The summed E-state index contributed by atoms with van der Waals surface area (Å²) in [6.45, 7) is 2.96. The molecule has 1 atom stereocenters. The highest BCUT2D eigenvalue weighted by atomic mass is 16.5. The molecule has 1 unspecified atom stereocenters. The van der Waals surface area contributed by atoms with Gasteiger partial charge in [-0.3, -0.25) is 4.79 Å². The molecule has 0 radical (unpaired) electrons. The number of carbonyl (C=O) groups is 2. The van der Waals surface area contributed by atoms with Crippen LogP contribution in [0.2, 0.25) is 0 Å². The Morgan fingerprint density at radius 3 is 2.75 bits per heavy atom. The van der Waals surface area contributed by atoms with Gasteiger partial charge in [-0.1, -0.05) is 6.07 Å². The SMILES string of the molecule is COc1cc(C(=O)OCCC2CCCCN2C(=O)c2cccn2C)ccc1C. The number of carbonyl (C=O) groups excluding carboxylic acids is 2. The number of benzene rings is 1. The number of rotatable bonds is 6. The molecule has 2 heterocycles. The summed E-state index contributed by atoms with van der Waals surface area (Å²) in [5.74, 6) is 0.349. The summed E-state index contributed by atoms with van der Waals surface area (Å²) >= 11 is 0. The van der Waals surface area contributed by atoms with Gasteiger partial charge in [-0.2, -0.15) is 0 Å². The Balaban J connectivity index is 1.58. The second-order valence-corrected chi connectivity index (χ2v) is 7.26. The number of aryl methyl sites for hydroxylation is 2. The molecule has 0 spiro atoms. The average molecular weight is 384 g/mol. The van der Waals surface area contributed by atoms with Crippen molar-refractivity contribution >= 4 is 11.9 Å². The number of hydrogen-bond acceptors (Lipinski definition) is 4. The number of methoxy groups -OCH3 is 1. The summed E-state index contributed by atoms with van der Waals surface area (Å²) < 4.78 is 12.6. The highest BCUT2D eigenvalue weighted by molar-refractivity contribution is 5.93. The Morgan fingerprint density at radius 1 is 1.21 bits per heavy atom. The lowest BCUT2D eigenvalue weighted by Crippen LogP contribution is -2.44. The van der Waals surface area contributed by atoms with Crippen LogP contribution in [0.4, 0.5) is 0 Å². The van der Waals surface area contributed by atoms with Crippen molar-refractivity contribution in [2.75, 3.05) is 20.3 Å². The molecule has 1 aliphatic rings. The first kappa shape index (κ1) is 20.0. The minimum atomic E-state index is -0.366. The van der Waals surface area contributed by atoms with E-state index in [4.69, 9.17) is 9.47 Å². The zero-order valence-corrected chi connectivity index (χ0v) is 16.8. The van der Waals surface area contributed by atoms with Crippen LogP contribution in [0.5, 0.6) is 5.75 Å². The van der Waals surface area contributed by atoms with E-state index in [0.29, 0.717) is 23.4 Å². The molecule has 6 heteroatoms. The van der Waals surface area contributed by atoms with Gasteiger partial charge < -0.3 is 18.9 Å². The lowest BCUT2D eigenvalue weighted by molar-refractivity contribution is 0.0406. The third-order valence-corrected chi connectivity index (χ3v) is 5.38. The Morgan fingerprint density at radius 2 is 2.04 bits per heavy atom. The van der Waals surface area contributed by atoms with E-state index in [-0.39, 0.29) is 24.5 Å².